The Balaban J connectivity index is 1.79. The first-order valence-corrected chi connectivity index (χ1v) is 8.31. The van der Waals surface area contributed by atoms with Crippen molar-refractivity contribution in [2.75, 3.05) is 0 Å². The van der Waals surface area contributed by atoms with Crippen LogP contribution in [0, 0.1) is 6.92 Å². The van der Waals surface area contributed by atoms with Gasteiger partial charge < -0.3 is 5.32 Å². The van der Waals surface area contributed by atoms with Crippen molar-refractivity contribution in [2.45, 2.75) is 19.6 Å². The van der Waals surface area contributed by atoms with E-state index in [0.717, 1.165) is 17.7 Å². The number of nitrogens with one attached hydrogen (secondary N) is 1. The second kappa shape index (κ2) is 8.03. The highest BCUT2D eigenvalue weighted by Gasteiger charge is 2.29. The molecule has 0 saturated carbocycles. The molecule has 28 heavy (non-hydrogen) atoms. The maximum atomic E-state index is 12.7. The van der Waals surface area contributed by atoms with Gasteiger partial charge in [0.2, 0.25) is 0 Å². The highest BCUT2D eigenvalue weighted by Crippen LogP contribution is 2.29. The molecule has 3 rings (SSSR count). The summed E-state index contributed by atoms with van der Waals surface area (Å²) < 4.78 is 39.2. The van der Waals surface area contributed by atoms with Gasteiger partial charge in [-0.05, 0) is 46.7 Å². The van der Waals surface area contributed by atoms with Crippen molar-refractivity contribution >= 4 is 17.7 Å². The fraction of sp³-hybridized carbons (Fsp3) is 0.158. The van der Waals surface area contributed by atoms with Gasteiger partial charge in [0.05, 0.1) is 5.56 Å². The van der Waals surface area contributed by atoms with Gasteiger partial charge in [-0.25, -0.2) is 0 Å². The smallest absolute Gasteiger partial charge is 0.347 e. The molecule has 1 amide bonds. The molecule has 2 aromatic carbocycles. The van der Waals surface area contributed by atoms with Crippen LogP contribution in [0.4, 0.5) is 13.2 Å². The molecule has 9 heteroatoms. The van der Waals surface area contributed by atoms with E-state index in [1.807, 2.05) is 30.3 Å². The standard InChI is InChI=1S/C19H16F3N5O/c1-13-24-25-26-27(13)17(11-14-5-3-2-4-6-14)18(28)23-12-15-7-9-16(10-8-15)19(20,21)22/h2-11H,12H2,1H3,(H,23,28)/b17-11-. The third kappa shape index (κ3) is 4.61. The fourth-order valence-corrected chi connectivity index (χ4v) is 2.47. The van der Waals surface area contributed by atoms with E-state index < -0.39 is 17.6 Å². The normalized spacial score (nSPS) is 12.1. The first kappa shape index (κ1) is 19.3. The molecule has 0 saturated heterocycles. The molecule has 0 unspecified atom stereocenters. The zero-order chi connectivity index (χ0) is 20.1. The fourth-order valence-electron chi connectivity index (χ4n) is 2.47. The summed E-state index contributed by atoms with van der Waals surface area (Å²) in [6.45, 7) is 1.71. The lowest BCUT2D eigenvalue weighted by atomic mass is 10.1. The number of alkyl halides is 3. The lowest BCUT2D eigenvalue weighted by Gasteiger charge is -2.11. The van der Waals surface area contributed by atoms with E-state index in [4.69, 9.17) is 0 Å². The monoisotopic (exact) mass is 387 g/mol. The highest BCUT2D eigenvalue weighted by molar-refractivity contribution is 6.18. The molecule has 1 aromatic heterocycles. The van der Waals surface area contributed by atoms with E-state index in [2.05, 4.69) is 20.8 Å². The van der Waals surface area contributed by atoms with E-state index in [-0.39, 0.29) is 12.2 Å². The summed E-state index contributed by atoms with van der Waals surface area (Å²) >= 11 is 0. The minimum atomic E-state index is -4.40. The SMILES string of the molecule is Cc1nnnn1/C(=C\c1ccccc1)C(=O)NCc1ccc(C(F)(F)F)cc1. The summed E-state index contributed by atoms with van der Waals surface area (Å²) in [5.74, 6) is -0.0361. The minimum absolute atomic E-state index is 0.0598. The summed E-state index contributed by atoms with van der Waals surface area (Å²) in [7, 11) is 0. The van der Waals surface area contributed by atoms with Crippen molar-refractivity contribution in [1.82, 2.24) is 25.5 Å². The molecule has 144 valence electrons. The van der Waals surface area contributed by atoms with Crippen molar-refractivity contribution < 1.29 is 18.0 Å². The summed E-state index contributed by atoms with van der Waals surface area (Å²) in [4.78, 5) is 12.7. The van der Waals surface area contributed by atoms with E-state index in [0.29, 0.717) is 11.4 Å². The number of halogens is 3. The Labute approximate surface area is 158 Å². The third-order valence-corrected chi connectivity index (χ3v) is 3.92. The topological polar surface area (TPSA) is 72.7 Å². The first-order valence-electron chi connectivity index (χ1n) is 8.31. The van der Waals surface area contributed by atoms with Gasteiger partial charge in [-0.2, -0.15) is 17.9 Å². The van der Waals surface area contributed by atoms with Gasteiger partial charge in [0.1, 0.15) is 5.70 Å². The average Bonchev–Trinajstić information content (AvgIpc) is 3.10. The van der Waals surface area contributed by atoms with Crippen molar-refractivity contribution in [3.05, 3.63) is 77.1 Å². The Morgan fingerprint density at radius 3 is 2.36 bits per heavy atom. The van der Waals surface area contributed by atoms with E-state index >= 15 is 0 Å². The van der Waals surface area contributed by atoms with E-state index in [1.165, 1.54) is 16.8 Å². The molecule has 0 spiro atoms. The van der Waals surface area contributed by atoms with Crippen LogP contribution in [-0.2, 0) is 17.5 Å². The Morgan fingerprint density at radius 1 is 1.11 bits per heavy atom. The van der Waals surface area contributed by atoms with Crippen molar-refractivity contribution in [3.8, 4) is 0 Å². The van der Waals surface area contributed by atoms with Crippen LogP contribution in [0.3, 0.4) is 0 Å². The van der Waals surface area contributed by atoms with Crippen LogP contribution in [0.2, 0.25) is 0 Å². The number of carbonyl (C=O) groups excluding carboxylic acids is 1. The molecular formula is C19H16F3N5O. The van der Waals surface area contributed by atoms with Gasteiger partial charge in [-0.3, -0.25) is 4.79 Å². The van der Waals surface area contributed by atoms with E-state index in [9.17, 15) is 18.0 Å². The lowest BCUT2D eigenvalue weighted by Crippen LogP contribution is -2.27. The molecule has 0 aliphatic carbocycles. The largest absolute Gasteiger partial charge is 0.416 e. The molecular weight excluding hydrogens is 371 g/mol. The Hall–Kier alpha value is -3.49. The van der Waals surface area contributed by atoms with Crippen molar-refractivity contribution in [1.29, 1.82) is 0 Å². The number of rotatable bonds is 5. The van der Waals surface area contributed by atoms with Crippen molar-refractivity contribution in [2.24, 2.45) is 0 Å². The second-order valence-electron chi connectivity index (χ2n) is 5.96. The van der Waals surface area contributed by atoms with Gasteiger partial charge in [0.15, 0.2) is 5.82 Å². The lowest BCUT2D eigenvalue weighted by molar-refractivity contribution is -0.137. The van der Waals surface area contributed by atoms with E-state index in [1.54, 1.807) is 13.0 Å². The number of nitrogens with zero attached hydrogens (tertiary/aromatic N) is 4. The first-order chi connectivity index (χ1) is 13.3. The van der Waals surface area contributed by atoms with Crippen LogP contribution >= 0.6 is 0 Å². The zero-order valence-corrected chi connectivity index (χ0v) is 14.8. The highest BCUT2D eigenvalue weighted by atomic mass is 19.4. The third-order valence-electron chi connectivity index (χ3n) is 3.92. The van der Waals surface area contributed by atoms with Gasteiger partial charge in [0.25, 0.3) is 5.91 Å². The maximum Gasteiger partial charge on any atom is 0.416 e. The number of benzene rings is 2. The predicted octanol–water partition coefficient (Wildman–Crippen LogP) is 3.31. The van der Waals surface area contributed by atoms with Gasteiger partial charge >= 0.3 is 6.18 Å². The van der Waals surface area contributed by atoms with Crippen LogP contribution in [-0.4, -0.2) is 26.1 Å². The van der Waals surface area contributed by atoms with Crippen molar-refractivity contribution in [3.63, 3.8) is 0 Å². The number of tetrazole rings is 1. The summed E-state index contributed by atoms with van der Waals surface area (Å²) in [5, 5.41) is 13.9. The average molecular weight is 387 g/mol. The Morgan fingerprint density at radius 2 is 1.79 bits per heavy atom. The number of hydrogen-bond acceptors (Lipinski definition) is 4. The van der Waals surface area contributed by atoms with Gasteiger partial charge in [-0.1, -0.05) is 42.5 Å². The Bertz CT molecular complexity index is 979. The van der Waals surface area contributed by atoms with Crippen LogP contribution in [0.15, 0.2) is 54.6 Å². The molecule has 0 radical (unpaired) electrons. The predicted molar refractivity (Wildman–Crippen MR) is 96.5 cm³/mol. The molecule has 0 aliphatic heterocycles. The number of carbonyl (C=O) groups is 1. The molecule has 3 aromatic rings. The quantitative estimate of drug-likeness (QED) is 0.682. The number of amides is 1. The second-order valence-corrected chi connectivity index (χ2v) is 5.96. The number of hydrogen-bond donors (Lipinski definition) is 1. The molecule has 1 heterocycles. The summed E-state index contributed by atoms with van der Waals surface area (Å²) in [6.07, 6.45) is -2.77. The van der Waals surface area contributed by atoms with Crippen LogP contribution in [0.5, 0.6) is 0 Å². The minimum Gasteiger partial charge on any atom is -0.347 e. The molecule has 0 atom stereocenters. The molecule has 0 fully saturated rings. The number of aromatic nitrogens is 4. The van der Waals surface area contributed by atoms with Gasteiger partial charge in [0, 0.05) is 6.54 Å². The van der Waals surface area contributed by atoms with Crippen LogP contribution in [0.25, 0.3) is 11.8 Å². The zero-order valence-electron chi connectivity index (χ0n) is 14.8. The molecule has 0 aliphatic rings. The van der Waals surface area contributed by atoms with Crippen LogP contribution < -0.4 is 5.32 Å². The molecule has 6 nitrogen and oxygen atoms in total. The van der Waals surface area contributed by atoms with Crippen LogP contribution in [0.1, 0.15) is 22.5 Å². The summed E-state index contributed by atoms with van der Waals surface area (Å²) in [5.41, 5.74) is 0.767. The molecule has 0 bridgehead atoms. The summed E-state index contributed by atoms with van der Waals surface area (Å²) in [6, 6.07) is 13.8. The Kier molecular flexibility index (Phi) is 5.53. The molecule has 1 N–H and O–H groups in total. The van der Waals surface area contributed by atoms with Gasteiger partial charge in [-0.15, -0.1) is 5.10 Å². The number of aryl methyl sites for hydroxylation is 1. The maximum absolute atomic E-state index is 12.7.